The largest absolute Gasteiger partial charge is 0.386 e. The summed E-state index contributed by atoms with van der Waals surface area (Å²) >= 11 is 0. The van der Waals surface area contributed by atoms with Gasteiger partial charge in [-0.1, -0.05) is 0 Å². The van der Waals surface area contributed by atoms with Crippen LogP contribution in [0.4, 0.5) is 5.69 Å². The number of rotatable bonds is 6. The molecular formula is C11H14ClNO3S. The molecule has 0 aliphatic carbocycles. The number of benzene rings is 1. The highest BCUT2D eigenvalue weighted by atomic mass is 35.7. The van der Waals surface area contributed by atoms with E-state index < -0.39 is 16.1 Å². The minimum absolute atomic E-state index is 0.378. The topological polar surface area (TPSA) is 57.6 Å². The maximum atomic E-state index is 11.0. The first-order valence-electron chi connectivity index (χ1n) is 5.07. The van der Waals surface area contributed by atoms with Crippen LogP contribution in [-0.2, 0) is 14.8 Å². The second-order valence-corrected chi connectivity index (χ2v) is 5.39. The van der Waals surface area contributed by atoms with Crippen molar-refractivity contribution in [1.82, 2.24) is 0 Å². The summed E-state index contributed by atoms with van der Waals surface area (Å²) in [5.74, 6) is 0. The quantitative estimate of drug-likeness (QED) is 0.629. The zero-order valence-electron chi connectivity index (χ0n) is 9.38. The molecule has 0 aliphatic heterocycles. The molecule has 0 aromatic heterocycles. The number of hydrogen-bond donors (Lipinski definition) is 1. The first kappa shape index (κ1) is 14.2. The minimum atomic E-state index is -1.50. The minimum Gasteiger partial charge on any atom is -0.386 e. The number of aldehydes is 1. The van der Waals surface area contributed by atoms with Crippen LogP contribution in [0.25, 0.3) is 0 Å². The van der Waals surface area contributed by atoms with Gasteiger partial charge in [-0.3, -0.25) is 0 Å². The van der Waals surface area contributed by atoms with Gasteiger partial charge in [0.1, 0.15) is 22.4 Å². The molecule has 4 nitrogen and oxygen atoms in total. The van der Waals surface area contributed by atoms with Crippen molar-refractivity contribution in [3.05, 3.63) is 24.3 Å². The van der Waals surface area contributed by atoms with Crippen LogP contribution in [0.1, 0.15) is 6.42 Å². The van der Waals surface area contributed by atoms with Crippen molar-refractivity contribution in [3.8, 4) is 0 Å². The van der Waals surface area contributed by atoms with Gasteiger partial charge >= 0.3 is 0 Å². The van der Waals surface area contributed by atoms with Crippen LogP contribution < -0.4 is 4.90 Å². The van der Waals surface area contributed by atoms with Gasteiger partial charge in [-0.25, -0.2) is 4.21 Å². The van der Waals surface area contributed by atoms with Gasteiger partial charge < -0.3 is 14.8 Å². The number of aliphatic hydroxyl groups excluding tert-OH is 1. The van der Waals surface area contributed by atoms with E-state index in [-0.39, 0.29) is 0 Å². The Hall–Kier alpha value is -0.910. The Morgan fingerprint density at radius 1 is 1.47 bits per heavy atom. The van der Waals surface area contributed by atoms with Crippen LogP contribution in [0.5, 0.6) is 0 Å². The molecular weight excluding hydrogens is 262 g/mol. The highest BCUT2D eigenvalue weighted by molar-refractivity contribution is 8.08. The molecule has 0 heterocycles. The maximum Gasteiger partial charge on any atom is 0.148 e. The fourth-order valence-corrected chi connectivity index (χ4v) is 1.99. The average molecular weight is 276 g/mol. The summed E-state index contributed by atoms with van der Waals surface area (Å²) in [6.45, 7) is 0.559. The van der Waals surface area contributed by atoms with E-state index in [0.29, 0.717) is 24.1 Å². The Labute approximate surface area is 107 Å². The number of aliphatic hydroxyl groups is 1. The van der Waals surface area contributed by atoms with E-state index in [2.05, 4.69) is 0 Å². The number of anilines is 1. The molecule has 1 rings (SSSR count). The lowest BCUT2D eigenvalue weighted by molar-refractivity contribution is -0.115. The zero-order chi connectivity index (χ0) is 12.8. The highest BCUT2D eigenvalue weighted by Gasteiger charge is 2.06. The summed E-state index contributed by atoms with van der Waals surface area (Å²) in [5, 5.41) is 9.12. The molecule has 0 saturated heterocycles. The summed E-state index contributed by atoms with van der Waals surface area (Å²) in [6, 6.07) is 6.96. The van der Waals surface area contributed by atoms with Crippen molar-refractivity contribution in [2.24, 2.45) is 0 Å². The van der Waals surface area contributed by atoms with Crippen molar-refractivity contribution >= 4 is 32.7 Å². The van der Waals surface area contributed by atoms with Crippen molar-refractivity contribution in [1.29, 1.82) is 0 Å². The van der Waals surface area contributed by atoms with Crippen LogP contribution in [0.15, 0.2) is 29.2 Å². The summed E-state index contributed by atoms with van der Waals surface area (Å²) in [6.07, 6.45) is -0.0244. The van der Waals surface area contributed by atoms with E-state index in [0.717, 1.165) is 5.69 Å². The molecule has 6 heteroatoms. The zero-order valence-corrected chi connectivity index (χ0v) is 10.9. The molecule has 0 fully saturated rings. The SMILES string of the molecule is CN(CCC(O)C=O)c1ccc(S(=O)Cl)cc1. The molecule has 1 N–H and O–H groups in total. The van der Waals surface area contributed by atoms with E-state index in [4.69, 9.17) is 15.8 Å². The number of halogens is 1. The molecule has 0 aliphatic rings. The fraction of sp³-hybridized carbons (Fsp3) is 0.364. The summed E-state index contributed by atoms with van der Waals surface area (Å²) in [5.41, 5.74) is 0.911. The molecule has 0 spiro atoms. The van der Waals surface area contributed by atoms with Gasteiger partial charge in [-0.15, -0.1) is 0 Å². The number of hydrogen-bond acceptors (Lipinski definition) is 4. The Morgan fingerprint density at radius 2 is 2.06 bits per heavy atom. The van der Waals surface area contributed by atoms with Gasteiger partial charge in [0.2, 0.25) is 0 Å². The molecule has 94 valence electrons. The fourth-order valence-electron chi connectivity index (χ4n) is 1.33. The van der Waals surface area contributed by atoms with E-state index >= 15 is 0 Å². The van der Waals surface area contributed by atoms with Crippen molar-refractivity contribution in [2.45, 2.75) is 17.4 Å². The first-order chi connectivity index (χ1) is 8.04. The maximum absolute atomic E-state index is 11.0. The highest BCUT2D eigenvalue weighted by Crippen LogP contribution is 2.17. The monoisotopic (exact) mass is 275 g/mol. The van der Waals surface area contributed by atoms with Gasteiger partial charge in [-0.05, 0) is 41.4 Å². The van der Waals surface area contributed by atoms with Gasteiger partial charge in [0.15, 0.2) is 0 Å². The second kappa shape index (κ2) is 6.74. The average Bonchev–Trinajstić information content (AvgIpc) is 2.35. The lowest BCUT2D eigenvalue weighted by Gasteiger charge is -2.19. The lowest BCUT2D eigenvalue weighted by Crippen LogP contribution is -2.23. The van der Waals surface area contributed by atoms with Crippen LogP contribution in [0.3, 0.4) is 0 Å². The molecule has 2 atom stereocenters. The second-order valence-electron chi connectivity index (χ2n) is 3.63. The summed E-state index contributed by atoms with van der Waals surface area (Å²) in [4.78, 5) is 12.7. The van der Waals surface area contributed by atoms with Gasteiger partial charge in [0.25, 0.3) is 0 Å². The number of carbonyl (C=O) groups is 1. The standard InChI is InChI=1S/C11H14ClNO3S/c1-13(7-6-10(15)8-14)9-2-4-11(5-3-9)17(12)16/h2-5,8,10,15H,6-7H2,1H3. The predicted octanol–water partition coefficient (Wildman–Crippen LogP) is 1.33. The smallest absolute Gasteiger partial charge is 0.148 e. The van der Waals surface area contributed by atoms with Crippen LogP contribution >= 0.6 is 10.7 Å². The first-order valence-corrected chi connectivity index (χ1v) is 7.05. The number of carbonyl (C=O) groups excluding carboxylic acids is 1. The van der Waals surface area contributed by atoms with E-state index in [1.807, 2.05) is 11.9 Å². The van der Waals surface area contributed by atoms with E-state index in [1.165, 1.54) is 0 Å². The van der Waals surface area contributed by atoms with Gasteiger partial charge in [0.05, 0.1) is 4.90 Å². The third kappa shape index (κ3) is 4.46. The number of nitrogens with zero attached hydrogens (tertiary/aromatic N) is 1. The van der Waals surface area contributed by atoms with Crippen molar-refractivity contribution in [3.63, 3.8) is 0 Å². The lowest BCUT2D eigenvalue weighted by atomic mass is 10.2. The van der Waals surface area contributed by atoms with Crippen molar-refractivity contribution in [2.75, 3.05) is 18.5 Å². The normalized spacial score (nSPS) is 14.1. The molecule has 1 aromatic carbocycles. The molecule has 0 amide bonds. The summed E-state index contributed by atoms with van der Waals surface area (Å²) < 4.78 is 11.0. The Bertz CT molecular complexity index is 396. The van der Waals surface area contributed by atoms with E-state index in [1.54, 1.807) is 24.3 Å². The van der Waals surface area contributed by atoms with Crippen LogP contribution in [0.2, 0.25) is 0 Å². The molecule has 1 aromatic rings. The third-order valence-electron chi connectivity index (χ3n) is 2.38. The Balaban J connectivity index is 2.60. The Morgan fingerprint density at radius 3 is 2.53 bits per heavy atom. The Kier molecular flexibility index (Phi) is 5.61. The summed E-state index contributed by atoms with van der Waals surface area (Å²) in [7, 11) is 5.80. The molecule has 0 radical (unpaired) electrons. The van der Waals surface area contributed by atoms with Crippen LogP contribution in [0, 0.1) is 0 Å². The molecule has 17 heavy (non-hydrogen) atoms. The van der Waals surface area contributed by atoms with Gasteiger partial charge in [-0.2, -0.15) is 0 Å². The molecule has 0 bridgehead atoms. The van der Waals surface area contributed by atoms with Crippen molar-refractivity contribution < 1.29 is 14.1 Å². The van der Waals surface area contributed by atoms with Gasteiger partial charge in [0, 0.05) is 19.3 Å². The third-order valence-corrected chi connectivity index (χ3v) is 3.56. The van der Waals surface area contributed by atoms with E-state index in [9.17, 15) is 9.00 Å². The molecule has 2 unspecified atom stereocenters. The van der Waals surface area contributed by atoms with Crippen LogP contribution in [-0.4, -0.2) is 35.3 Å². The molecule has 0 saturated carbocycles. The predicted molar refractivity (Wildman–Crippen MR) is 68.7 cm³/mol.